The van der Waals surface area contributed by atoms with E-state index >= 15 is 0 Å². The van der Waals surface area contributed by atoms with Gasteiger partial charge < -0.3 is 9.64 Å². The quantitative estimate of drug-likeness (QED) is 0.426. The molecular weight excluding hydrogens is 104 g/mol. The van der Waals surface area contributed by atoms with Gasteiger partial charge in [-0.2, -0.15) is 0 Å². The monoisotopic (exact) mass is 115 g/mol. The average molecular weight is 115 g/mol. The number of morpholine rings is 1. The van der Waals surface area contributed by atoms with Gasteiger partial charge in [0.05, 0.1) is 13.2 Å². The average Bonchev–Trinajstić information content (AvgIpc) is 1.69. The summed E-state index contributed by atoms with van der Waals surface area (Å²) in [7, 11) is 2.11. The molecule has 0 aliphatic carbocycles. The first-order valence-electron chi connectivity index (χ1n) is 2.66. The van der Waals surface area contributed by atoms with E-state index in [0.717, 1.165) is 26.3 Å². The van der Waals surface area contributed by atoms with Crippen LogP contribution in [0.3, 0.4) is 0 Å². The van der Waals surface area contributed by atoms with E-state index in [9.17, 15) is 0 Å². The van der Waals surface area contributed by atoms with Gasteiger partial charge in [0.15, 0.2) is 0 Å². The van der Waals surface area contributed by atoms with Crippen LogP contribution in [-0.4, -0.2) is 38.3 Å². The molecule has 1 fully saturated rings. The number of likely N-dealkylation sites (N-methyl/N-ethyl adjacent to an activating group) is 1. The Morgan fingerprint density at radius 1 is 1.25 bits per heavy atom. The van der Waals surface area contributed by atoms with Gasteiger partial charge in [0, 0.05) is 19.2 Å². The summed E-state index contributed by atoms with van der Waals surface area (Å²) in [4.78, 5) is 2.27. The maximum Gasteiger partial charge on any atom is 0.0594 e. The summed E-state index contributed by atoms with van der Waals surface area (Å²) >= 11 is 0. The van der Waals surface area contributed by atoms with Crippen molar-refractivity contribution in [3.8, 4) is 0 Å². The molecule has 1 rings (SSSR count). The number of nitrogens with zero attached hydrogens (tertiary/aromatic N) is 2. The SMILES string of the molecule is CN1CCOCC1.[N]. The van der Waals surface area contributed by atoms with Crippen LogP contribution in [0, 0.1) is 0 Å². The van der Waals surface area contributed by atoms with Crippen LogP contribution < -0.4 is 6.15 Å². The summed E-state index contributed by atoms with van der Waals surface area (Å²) in [6.07, 6.45) is 0. The zero-order chi connectivity index (χ0) is 5.11. The van der Waals surface area contributed by atoms with Crippen LogP contribution in [0.1, 0.15) is 0 Å². The van der Waals surface area contributed by atoms with Crippen molar-refractivity contribution in [2.45, 2.75) is 0 Å². The minimum absolute atomic E-state index is 0. The lowest BCUT2D eigenvalue weighted by molar-refractivity contribution is 0.0503. The molecule has 1 aliphatic heterocycles. The van der Waals surface area contributed by atoms with Crippen LogP contribution in [0.2, 0.25) is 0 Å². The molecule has 0 spiro atoms. The van der Waals surface area contributed by atoms with Crippen LogP contribution in [-0.2, 0) is 4.74 Å². The molecular formula is C5H11N2O. The van der Waals surface area contributed by atoms with Crippen molar-refractivity contribution in [3.63, 3.8) is 0 Å². The lowest BCUT2D eigenvalue weighted by Gasteiger charge is -2.21. The Hall–Kier alpha value is -0.120. The predicted octanol–water partition coefficient (Wildman–Crippen LogP) is -0.532. The Bertz CT molecular complexity index is 52.4. The van der Waals surface area contributed by atoms with Crippen LogP contribution >= 0.6 is 0 Å². The summed E-state index contributed by atoms with van der Waals surface area (Å²) in [5.41, 5.74) is 0. The largest absolute Gasteiger partial charge is 0.379 e. The predicted molar refractivity (Wildman–Crippen MR) is 30.4 cm³/mol. The highest BCUT2D eigenvalue weighted by atomic mass is 16.5. The maximum atomic E-state index is 5.10. The zero-order valence-electron chi connectivity index (χ0n) is 5.13. The topological polar surface area (TPSA) is 43.0 Å². The molecule has 3 radical (unpaired) electrons. The zero-order valence-corrected chi connectivity index (χ0v) is 5.13. The standard InChI is InChI=1S/C5H11NO.N/c1-6-2-4-7-5-3-6;/h2-5H2,1H3;. The third-order valence-corrected chi connectivity index (χ3v) is 1.23. The first-order chi connectivity index (χ1) is 3.39. The summed E-state index contributed by atoms with van der Waals surface area (Å²) in [6, 6.07) is 0. The van der Waals surface area contributed by atoms with Crippen molar-refractivity contribution in [1.29, 1.82) is 0 Å². The van der Waals surface area contributed by atoms with Gasteiger partial charge in [-0.1, -0.05) is 0 Å². The molecule has 0 aromatic heterocycles. The molecule has 0 atom stereocenters. The molecule has 0 N–H and O–H groups in total. The molecule has 47 valence electrons. The molecule has 3 heteroatoms. The van der Waals surface area contributed by atoms with Gasteiger partial charge in [-0.25, -0.2) is 0 Å². The lowest BCUT2D eigenvalue weighted by Crippen LogP contribution is -2.32. The van der Waals surface area contributed by atoms with Crippen molar-refractivity contribution in [2.24, 2.45) is 0 Å². The summed E-state index contributed by atoms with van der Waals surface area (Å²) in [5, 5.41) is 0. The van der Waals surface area contributed by atoms with Gasteiger partial charge in [0.2, 0.25) is 0 Å². The van der Waals surface area contributed by atoms with Gasteiger partial charge in [-0.3, -0.25) is 0 Å². The highest BCUT2D eigenvalue weighted by Gasteiger charge is 2.02. The molecule has 0 saturated carbocycles. The van der Waals surface area contributed by atoms with E-state index in [2.05, 4.69) is 11.9 Å². The summed E-state index contributed by atoms with van der Waals surface area (Å²) in [6.45, 7) is 4.02. The molecule has 1 aliphatic rings. The molecule has 0 amide bonds. The minimum atomic E-state index is 0. The third-order valence-electron chi connectivity index (χ3n) is 1.23. The summed E-state index contributed by atoms with van der Waals surface area (Å²) < 4.78 is 5.10. The minimum Gasteiger partial charge on any atom is -0.379 e. The van der Waals surface area contributed by atoms with E-state index in [1.165, 1.54) is 0 Å². The number of ether oxygens (including phenoxy) is 1. The molecule has 0 aromatic rings. The molecule has 3 nitrogen and oxygen atoms in total. The molecule has 1 saturated heterocycles. The van der Waals surface area contributed by atoms with Gasteiger partial charge in [-0.15, -0.1) is 0 Å². The van der Waals surface area contributed by atoms with Crippen molar-refractivity contribution in [3.05, 3.63) is 0 Å². The smallest absolute Gasteiger partial charge is 0.0594 e. The van der Waals surface area contributed by atoms with E-state index in [0.29, 0.717) is 0 Å². The van der Waals surface area contributed by atoms with E-state index in [-0.39, 0.29) is 6.15 Å². The molecule has 0 bridgehead atoms. The lowest BCUT2D eigenvalue weighted by atomic mass is 10.5. The van der Waals surface area contributed by atoms with Gasteiger partial charge in [0.25, 0.3) is 0 Å². The van der Waals surface area contributed by atoms with Crippen LogP contribution in [0.25, 0.3) is 0 Å². The second-order valence-electron chi connectivity index (χ2n) is 1.92. The number of hydrogen-bond donors (Lipinski definition) is 0. The van der Waals surface area contributed by atoms with Gasteiger partial charge in [0.1, 0.15) is 0 Å². The molecule has 0 unspecified atom stereocenters. The fourth-order valence-corrected chi connectivity index (χ4v) is 0.655. The second kappa shape index (κ2) is 3.83. The van der Waals surface area contributed by atoms with Gasteiger partial charge in [-0.05, 0) is 7.05 Å². The Morgan fingerprint density at radius 2 is 1.75 bits per heavy atom. The second-order valence-corrected chi connectivity index (χ2v) is 1.92. The highest BCUT2D eigenvalue weighted by molar-refractivity contribution is 4.53. The molecule has 0 aromatic carbocycles. The first kappa shape index (κ1) is 7.88. The van der Waals surface area contributed by atoms with Crippen LogP contribution in [0.15, 0.2) is 0 Å². The highest BCUT2D eigenvalue weighted by Crippen LogP contribution is 1.89. The maximum absolute atomic E-state index is 5.10. The Balaban J connectivity index is 0.000000490. The van der Waals surface area contributed by atoms with Crippen LogP contribution in [0.5, 0.6) is 0 Å². The first-order valence-corrected chi connectivity index (χ1v) is 2.66. The fraction of sp³-hybridized carbons (Fsp3) is 1.00. The Kier molecular flexibility index (Phi) is 3.77. The fourth-order valence-electron chi connectivity index (χ4n) is 0.655. The van der Waals surface area contributed by atoms with E-state index < -0.39 is 0 Å². The van der Waals surface area contributed by atoms with E-state index in [4.69, 9.17) is 4.74 Å². The van der Waals surface area contributed by atoms with E-state index in [1.807, 2.05) is 0 Å². The van der Waals surface area contributed by atoms with Gasteiger partial charge >= 0.3 is 0 Å². The van der Waals surface area contributed by atoms with Crippen molar-refractivity contribution in [2.75, 3.05) is 33.4 Å². The Morgan fingerprint density at radius 3 is 2.00 bits per heavy atom. The van der Waals surface area contributed by atoms with Crippen molar-refractivity contribution >= 4 is 0 Å². The number of rotatable bonds is 0. The Labute approximate surface area is 50.2 Å². The number of hydrogen-bond acceptors (Lipinski definition) is 2. The van der Waals surface area contributed by atoms with Crippen molar-refractivity contribution in [1.82, 2.24) is 11.1 Å². The van der Waals surface area contributed by atoms with E-state index in [1.54, 1.807) is 0 Å². The molecule has 8 heavy (non-hydrogen) atoms. The van der Waals surface area contributed by atoms with Crippen LogP contribution in [0.4, 0.5) is 0 Å². The third kappa shape index (κ3) is 2.26. The molecule has 1 heterocycles. The summed E-state index contributed by atoms with van der Waals surface area (Å²) in [5.74, 6) is 0. The van der Waals surface area contributed by atoms with Crippen molar-refractivity contribution < 1.29 is 4.74 Å². The normalized spacial score (nSPS) is 22.1.